The van der Waals surface area contributed by atoms with E-state index >= 15 is 0 Å². The van der Waals surface area contributed by atoms with Crippen molar-refractivity contribution in [1.82, 2.24) is 0 Å². The molecule has 0 amide bonds. The highest BCUT2D eigenvalue weighted by Gasteiger charge is 2.41. The lowest BCUT2D eigenvalue weighted by molar-refractivity contribution is 0.0198. The van der Waals surface area contributed by atoms with E-state index in [1.165, 1.54) is 19.3 Å². The number of rotatable bonds is 0. The van der Waals surface area contributed by atoms with Crippen molar-refractivity contribution in [3.05, 3.63) is 0 Å². The predicted molar refractivity (Wildman–Crippen MR) is 41.7 cm³/mol. The molecule has 0 aromatic rings. The molecule has 10 heavy (non-hydrogen) atoms. The van der Waals surface area contributed by atoms with E-state index in [1.807, 2.05) is 0 Å². The summed E-state index contributed by atoms with van der Waals surface area (Å²) in [5, 5.41) is 0. The Morgan fingerprint density at radius 2 is 1.50 bits per heavy atom. The Hall–Kier alpha value is 0. The maximum Gasteiger partial charge on any atom is 0.0303 e. The second-order valence-corrected chi connectivity index (χ2v) is 4.43. The van der Waals surface area contributed by atoms with E-state index < -0.39 is 0 Å². The molecule has 3 unspecified atom stereocenters. The second kappa shape index (κ2) is 1.78. The highest BCUT2D eigenvalue weighted by molar-refractivity contribution is 4.92. The topological polar surface area (TPSA) is 0 Å². The van der Waals surface area contributed by atoms with Crippen molar-refractivity contribution >= 4 is 0 Å². The van der Waals surface area contributed by atoms with Gasteiger partial charge < -0.3 is 0 Å². The van der Waals surface area contributed by atoms with Gasteiger partial charge in [0.15, 0.2) is 0 Å². The van der Waals surface area contributed by atoms with Gasteiger partial charge in [-0.3, -0.25) is 0 Å². The lowest BCUT2D eigenvalue weighted by Gasteiger charge is -2.49. The van der Waals surface area contributed by atoms with Crippen molar-refractivity contribution in [1.29, 1.82) is 0 Å². The first kappa shape index (κ1) is 4.13. The van der Waals surface area contributed by atoms with Crippen LogP contribution in [0, 0.1) is 23.6 Å². The van der Waals surface area contributed by atoms with Crippen LogP contribution in [-0.4, -0.2) is 0 Å². The minimum Gasteiger partial charge on any atom is -0.0475 e. The molecule has 4 rings (SSSR count). The van der Waals surface area contributed by atoms with E-state index in [0.717, 1.165) is 24.7 Å². The molecule has 0 aromatic heterocycles. The van der Waals surface area contributed by atoms with E-state index in [2.05, 4.69) is 0 Å². The summed E-state index contributed by atoms with van der Waals surface area (Å²) in [4.78, 5) is 0. The number of hydrogen-bond donors (Lipinski definition) is 0. The summed E-state index contributed by atoms with van der Waals surface area (Å²) in [6, 6.07) is 0. The van der Waals surface area contributed by atoms with Crippen molar-refractivity contribution in [2.45, 2.75) is 38.5 Å². The molecule has 4 bridgehead atoms. The Labute approximate surface area is 65.8 Å². The van der Waals surface area contributed by atoms with E-state index in [0.29, 0.717) is 5.92 Å². The maximum absolute atomic E-state index is 8.23. The molecular formula is C10H16. The monoisotopic (exact) mass is 138 g/mol. The molecule has 56 valence electrons. The molecule has 4 aliphatic carbocycles. The van der Waals surface area contributed by atoms with Gasteiger partial charge in [-0.1, -0.05) is 0 Å². The summed E-state index contributed by atoms with van der Waals surface area (Å²) in [6.07, 6.45) is 5.94. The van der Waals surface area contributed by atoms with Crippen LogP contribution in [-0.2, 0) is 0 Å². The third-order valence-corrected chi connectivity index (χ3v) is 3.51. The van der Waals surface area contributed by atoms with Crippen LogP contribution < -0.4 is 0 Å². The molecule has 0 saturated heterocycles. The predicted octanol–water partition coefficient (Wildman–Crippen LogP) is 2.83. The van der Waals surface area contributed by atoms with Gasteiger partial charge in [-0.05, 0) is 62.1 Å². The fourth-order valence-electron chi connectivity index (χ4n) is 3.38. The summed E-state index contributed by atoms with van der Waals surface area (Å²) in [6.45, 7) is 0. The second-order valence-electron chi connectivity index (χ2n) is 4.43. The van der Waals surface area contributed by atoms with E-state index in [-0.39, 0.29) is 12.3 Å². The minimum absolute atomic E-state index is 0.0506. The highest BCUT2D eigenvalue weighted by Crippen LogP contribution is 2.53. The SMILES string of the molecule is [2H]C1C2CC3CC(C2)CC1([2H])C3. The lowest BCUT2D eigenvalue weighted by Crippen LogP contribution is -2.38. The van der Waals surface area contributed by atoms with E-state index in [9.17, 15) is 0 Å². The minimum atomic E-state index is -0.325. The van der Waals surface area contributed by atoms with E-state index in [4.69, 9.17) is 2.74 Å². The van der Waals surface area contributed by atoms with Gasteiger partial charge >= 0.3 is 0 Å². The number of hydrogen-bond acceptors (Lipinski definition) is 0. The van der Waals surface area contributed by atoms with Crippen molar-refractivity contribution in [2.75, 3.05) is 0 Å². The molecule has 0 radical (unpaired) electrons. The van der Waals surface area contributed by atoms with Crippen LogP contribution in [0.1, 0.15) is 41.2 Å². The van der Waals surface area contributed by atoms with Crippen molar-refractivity contribution in [3.63, 3.8) is 0 Å². The van der Waals surface area contributed by atoms with Crippen molar-refractivity contribution in [2.24, 2.45) is 23.6 Å². The quantitative estimate of drug-likeness (QED) is 0.483. The van der Waals surface area contributed by atoms with Crippen LogP contribution in [0.25, 0.3) is 0 Å². The molecule has 0 heterocycles. The molecular weight excluding hydrogens is 120 g/mol. The van der Waals surface area contributed by atoms with Crippen LogP contribution in [0.15, 0.2) is 0 Å². The van der Waals surface area contributed by atoms with Gasteiger partial charge in [-0.25, -0.2) is 0 Å². The molecule has 3 atom stereocenters. The maximum atomic E-state index is 8.23. The largest absolute Gasteiger partial charge is 0.0475 e. The fraction of sp³-hybridized carbons (Fsp3) is 1.00. The third-order valence-electron chi connectivity index (χ3n) is 3.51. The Kier molecular flexibility index (Phi) is 0.735. The molecule has 0 aromatic carbocycles. The zero-order valence-corrected chi connectivity index (χ0v) is 6.34. The van der Waals surface area contributed by atoms with Crippen LogP contribution in [0.2, 0.25) is 0 Å². The fourth-order valence-corrected chi connectivity index (χ4v) is 3.38. The van der Waals surface area contributed by atoms with Gasteiger partial charge in [0.25, 0.3) is 0 Å². The van der Waals surface area contributed by atoms with Gasteiger partial charge in [-0.15, -0.1) is 0 Å². The van der Waals surface area contributed by atoms with Gasteiger partial charge in [0.2, 0.25) is 0 Å². The van der Waals surface area contributed by atoms with Gasteiger partial charge in [0.1, 0.15) is 0 Å². The summed E-state index contributed by atoms with van der Waals surface area (Å²) in [5.74, 6) is 1.91. The lowest BCUT2D eigenvalue weighted by atomic mass is 9.56. The van der Waals surface area contributed by atoms with Crippen LogP contribution in [0.3, 0.4) is 0 Å². The summed E-state index contributed by atoms with van der Waals surface area (Å²) >= 11 is 0. The van der Waals surface area contributed by atoms with Crippen LogP contribution in [0.4, 0.5) is 0 Å². The smallest absolute Gasteiger partial charge is 0.0303 e. The summed E-state index contributed by atoms with van der Waals surface area (Å²) in [5.41, 5.74) is 0. The van der Waals surface area contributed by atoms with E-state index in [1.54, 1.807) is 0 Å². The standard InChI is InChI=1S/C10H16/c1-7-2-9-4-8(1)5-10(3-7)6-9/h7-10H,1-6H2/i1D,7D. The average molecular weight is 138 g/mol. The Morgan fingerprint density at radius 3 is 2.10 bits per heavy atom. The first-order chi connectivity index (χ1) is 5.67. The molecule has 0 N–H and O–H groups in total. The van der Waals surface area contributed by atoms with Crippen LogP contribution in [0.5, 0.6) is 0 Å². The summed E-state index contributed by atoms with van der Waals surface area (Å²) < 4.78 is 16.2. The van der Waals surface area contributed by atoms with Crippen LogP contribution >= 0.6 is 0 Å². The average Bonchev–Trinajstić information content (AvgIpc) is 1.98. The molecule has 4 fully saturated rings. The normalized spacial score (nSPS) is 75.2. The summed E-state index contributed by atoms with van der Waals surface area (Å²) in [7, 11) is 0. The highest BCUT2D eigenvalue weighted by atomic mass is 14.5. The van der Waals surface area contributed by atoms with Gasteiger partial charge in [-0.2, -0.15) is 0 Å². The molecule has 0 nitrogen and oxygen atoms in total. The Balaban J connectivity index is 1.97. The zero-order valence-electron chi connectivity index (χ0n) is 8.34. The van der Waals surface area contributed by atoms with Crippen molar-refractivity contribution in [3.8, 4) is 0 Å². The molecule has 0 spiro atoms. The Bertz CT molecular complexity index is 200. The molecule has 4 aliphatic rings. The molecule has 0 aliphatic heterocycles. The first-order valence-corrected chi connectivity index (χ1v) is 4.60. The zero-order chi connectivity index (χ0) is 8.34. The van der Waals surface area contributed by atoms with Gasteiger partial charge in [0, 0.05) is 2.74 Å². The first-order valence-electron chi connectivity index (χ1n) is 5.67. The van der Waals surface area contributed by atoms with Crippen molar-refractivity contribution < 1.29 is 2.74 Å². The molecule has 4 saturated carbocycles. The Morgan fingerprint density at radius 1 is 0.900 bits per heavy atom. The molecule has 0 heteroatoms. The third kappa shape index (κ3) is 0.681. The van der Waals surface area contributed by atoms with Gasteiger partial charge in [0.05, 0.1) is 0 Å².